The maximum atomic E-state index is 12.9. The maximum Gasteiger partial charge on any atom is 0.416 e. The minimum Gasteiger partial charge on any atom is -0.385 e. The SMILES string of the molecule is O=C(CNC(=O)c1cccc(C(F)(F)F)c1)NC1CCN(C2C3CCC2CC(O)(c2cccnc2)C3)C1. The number of hydrogen-bond acceptors (Lipinski definition) is 5. The number of aromatic nitrogens is 1. The van der Waals surface area contributed by atoms with Crippen LogP contribution >= 0.6 is 0 Å². The third-order valence-electron chi connectivity index (χ3n) is 8.14. The highest BCUT2D eigenvalue weighted by Crippen LogP contribution is 2.52. The lowest BCUT2D eigenvalue weighted by Crippen LogP contribution is -2.50. The molecule has 1 saturated heterocycles. The van der Waals surface area contributed by atoms with E-state index in [0.717, 1.165) is 43.5 Å². The van der Waals surface area contributed by atoms with Gasteiger partial charge in [-0.05, 0) is 68.2 Å². The number of hydrogen-bond donors (Lipinski definition) is 3. The van der Waals surface area contributed by atoms with Gasteiger partial charge in [-0.25, -0.2) is 0 Å². The second-order valence-electron chi connectivity index (χ2n) is 10.6. The van der Waals surface area contributed by atoms with Gasteiger partial charge in [0.1, 0.15) is 0 Å². The number of carbonyl (C=O) groups is 2. The van der Waals surface area contributed by atoms with Crippen molar-refractivity contribution in [1.29, 1.82) is 0 Å². The number of alkyl halides is 3. The zero-order valence-electron chi connectivity index (χ0n) is 20.4. The number of amides is 2. The van der Waals surface area contributed by atoms with Crippen LogP contribution in [0.3, 0.4) is 0 Å². The van der Waals surface area contributed by atoms with Crippen molar-refractivity contribution >= 4 is 11.8 Å². The van der Waals surface area contributed by atoms with Crippen LogP contribution in [-0.2, 0) is 16.6 Å². The van der Waals surface area contributed by atoms with Crippen LogP contribution in [0.4, 0.5) is 13.2 Å². The minimum atomic E-state index is -4.54. The highest BCUT2D eigenvalue weighted by atomic mass is 19.4. The zero-order valence-corrected chi connectivity index (χ0v) is 20.4. The van der Waals surface area contributed by atoms with E-state index >= 15 is 0 Å². The summed E-state index contributed by atoms with van der Waals surface area (Å²) >= 11 is 0. The van der Waals surface area contributed by atoms with Gasteiger partial charge in [-0.3, -0.25) is 19.5 Å². The van der Waals surface area contributed by atoms with Gasteiger partial charge in [0, 0.05) is 48.7 Å². The average molecular weight is 517 g/mol. The molecule has 0 radical (unpaired) electrons. The van der Waals surface area contributed by atoms with Crippen molar-refractivity contribution in [3.8, 4) is 0 Å². The van der Waals surface area contributed by atoms with E-state index in [4.69, 9.17) is 0 Å². The fourth-order valence-electron chi connectivity index (χ4n) is 6.58. The number of nitrogens with zero attached hydrogens (tertiary/aromatic N) is 2. The molecule has 1 aliphatic heterocycles. The van der Waals surface area contributed by atoms with Gasteiger partial charge in [-0.1, -0.05) is 12.1 Å². The Bertz CT molecular complexity index is 1130. The van der Waals surface area contributed by atoms with E-state index in [1.165, 1.54) is 12.1 Å². The van der Waals surface area contributed by atoms with Crippen LogP contribution in [-0.4, -0.2) is 58.5 Å². The molecule has 1 aromatic carbocycles. The number of likely N-dealkylation sites (tertiary alicyclic amines) is 1. The summed E-state index contributed by atoms with van der Waals surface area (Å²) in [7, 11) is 0. The van der Waals surface area contributed by atoms with Crippen molar-refractivity contribution in [2.45, 2.75) is 56.0 Å². The van der Waals surface area contributed by atoms with E-state index in [0.29, 0.717) is 37.3 Å². The Hall–Kier alpha value is -2.98. The molecule has 7 nitrogen and oxygen atoms in total. The van der Waals surface area contributed by atoms with E-state index in [9.17, 15) is 27.9 Å². The third-order valence-corrected chi connectivity index (χ3v) is 8.14. The molecule has 10 heteroatoms. The van der Waals surface area contributed by atoms with E-state index in [1.807, 2.05) is 12.1 Å². The first kappa shape index (κ1) is 25.7. The molecule has 0 spiro atoms. The van der Waals surface area contributed by atoms with E-state index in [2.05, 4.69) is 20.5 Å². The Morgan fingerprint density at radius 1 is 1.11 bits per heavy atom. The van der Waals surface area contributed by atoms with E-state index in [1.54, 1.807) is 12.4 Å². The molecular formula is C27H31F3N4O3. The van der Waals surface area contributed by atoms with Crippen molar-refractivity contribution in [3.05, 3.63) is 65.5 Å². The predicted octanol–water partition coefficient (Wildman–Crippen LogP) is 3.10. The summed E-state index contributed by atoms with van der Waals surface area (Å²) in [5, 5.41) is 16.7. The van der Waals surface area contributed by atoms with Crippen LogP contribution < -0.4 is 10.6 Å². The van der Waals surface area contributed by atoms with E-state index < -0.39 is 23.2 Å². The molecule has 2 aromatic rings. The highest BCUT2D eigenvalue weighted by molar-refractivity contribution is 5.96. The average Bonchev–Trinajstić information content (AvgIpc) is 3.44. The summed E-state index contributed by atoms with van der Waals surface area (Å²) in [6, 6.07) is 8.24. The van der Waals surface area contributed by atoms with Crippen LogP contribution in [0, 0.1) is 11.8 Å². The Labute approximate surface area is 213 Å². The summed E-state index contributed by atoms with van der Waals surface area (Å²) in [4.78, 5) is 31.3. The van der Waals surface area contributed by atoms with Gasteiger partial charge < -0.3 is 15.7 Å². The molecule has 5 rings (SSSR count). The molecule has 3 unspecified atom stereocenters. The van der Waals surface area contributed by atoms with Crippen LogP contribution in [0.1, 0.15) is 53.6 Å². The van der Waals surface area contributed by atoms with E-state index in [-0.39, 0.29) is 24.1 Å². The summed E-state index contributed by atoms with van der Waals surface area (Å²) in [6.45, 7) is 1.25. The summed E-state index contributed by atoms with van der Waals surface area (Å²) < 4.78 is 38.7. The lowest BCUT2D eigenvalue weighted by Gasteiger charge is -2.45. The molecular weight excluding hydrogens is 485 g/mol. The Balaban J connectivity index is 1.12. The van der Waals surface area contributed by atoms with Gasteiger partial charge in [-0.15, -0.1) is 0 Å². The van der Waals surface area contributed by atoms with Gasteiger partial charge in [0.2, 0.25) is 5.91 Å². The normalized spacial score (nSPS) is 29.7. The standard InChI is InChI=1S/C27H31F3N4O3/c28-27(29,30)20-4-1-3-17(11-20)25(36)32-15-23(35)33-22-8-10-34(16-22)24-18-6-7-19(24)13-26(37,12-18)21-5-2-9-31-14-21/h1-5,9,11,14,18-19,22,24,37H,6-8,10,12-13,15-16H2,(H,32,36)(H,33,35). The minimum absolute atomic E-state index is 0.0588. The number of fused-ring (bicyclic) bond motifs is 2. The number of carbonyl (C=O) groups excluding carboxylic acids is 2. The van der Waals surface area contributed by atoms with Gasteiger partial charge >= 0.3 is 6.18 Å². The molecule has 3 N–H and O–H groups in total. The lowest BCUT2D eigenvalue weighted by atomic mass is 9.71. The molecule has 2 aliphatic carbocycles. The van der Waals surface area contributed by atoms with Gasteiger partial charge in [0.25, 0.3) is 5.91 Å². The van der Waals surface area contributed by atoms with Gasteiger partial charge in [0.15, 0.2) is 0 Å². The fourth-order valence-corrected chi connectivity index (χ4v) is 6.58. The number of aliphatic hydroxyl groups is 1. The zero-order chi connectivity index (χ0) is 26.2. The molecule has 2 bridgehead atoms. The summed E-state index contributed by atoms with van der Waals surface area (Å²) in [5.74, 6) is -0.339. The van der Waals surface area contributed by atoms with Crippen molar-refractivity contribution in [3.63, 3.8) is 0 Å². The molecule has 37 heavy (non-hydrogen) atoms. The summed E-state index contributed by atoms with van der Waals surface area (Å²) in [5.41, 5.74) is -1.02. The Kier molecular flexibility index (Phi) is 6.97. The van der Waals surface area contributed by atoms with Crippen LogP contribution in [0.15, 0.2) is 48.8 Å². The third kappa shape index (κ3) is 5.50. The number of halogens is 3. The molecule has 198 valence electrons. The molecule has 1 aromatic heterocycles. The lowest BCUT2D eigenvalue weighted by molar-refractivity contribution is -0.137. The smallest absolute Gasteiger partial charge is 0.385 e. The van der Waals surface area contributed by atoms with Crippen molar-refractivity contribution in [2.75, 3.05) is 19.6 Å². The number of nitrogens with one attached hydrogen (secondary N) is 2. The molecule has 3 aliphatic rings. The van der Waals surface area contributed by atoms with Gasteiger partial charge in [0.05, 0.1) is 17.7 Å². The fraction of sp³-hybridized carbons (Fsp3) is 0.519. The van der Waals surface area contributed by atoms with Crippen LogP contribution in [0.5, 0.6) is 0 Å². The van der Waals surface area contributed by atoms with Crippen LogP contribution in [0.25, 0.3) is 0 Å². The Morgan fingerprint density at radius 3 is 2.54 bits per heavy atom. The molecule has 2 heterocycles. The molecule has 3 fully saturated rings. The first-order valence-electron chi connectivity index (χ1n) is 12.7. The number of benzene rings is 1. The van der Waals surface area contributed by atoms with Crippen molar-refractivity contribution < 1.29 is 27.9 Å². The predicted molar refractivity (Wildman–Crippen MR) is 129 cm³/mol. The topological polar surface area (TPSA) is 94.6 Å². The Morgan fingerprint density at radius 2 is 1.86 bits per heavy atom. The van der Waals surface area contributed by atoms with Crippen LogP contribution in [0.2, 0.25) is 0 Å². The maximum absolute atomic E-state index is 12.9. The molecule has 2 amide bonds. The first-order chi connectivity index (χ1) is 17.6. The molecule has 2 saturated carbocycles. The number of rotatable bonds is 6. The van der Waals surface area contributed by atoms with Crippen molar-refractivity contribution in [2.24, 2.45) is 11.8 Å². The first-order valence-corrected chi connectivity index (χ1v) is 12.7. The largest absolute Gasteiger partial charge is 0.416 e. The highest BCUT2D eigenvalue weighted by Gasteiger charge is 2.52. The monoisotopic (exact) mass is 516 g/mol. The quantitative estimate of drug-likeness (QED) is 0.549. The molecule has 3 atom stereocenters. The van der Waals surface area contributed by atoms with Gasteiger partial charge in [-0.2, -0.15) is 13.2 Å². The second-order valence-corrected chi connectivity index (χ2v) is 10.6. The number of pyridine rings is 1. The second kappa shape index (κ2) is 10.1. The summed E-state index contributed by atoms with van der Waals surface area (Å²) in [6.07, 6.45) is 3.27. The van der Waals surface area contributed by atoms with Crippen molar-refractivity contribution in [1.82, 2.24) is 20.5 Å².